The first-order valence-electron chi connectivity index (χ1n) is 8.19. The lowest BCUT2D eigenvalue weighted by molar-refractivity contribution is -0.135. The summed E-state index contributed by atoms with van der Waals surface area (Å²) in [4.78, 5) is 14.9. The Bertz CT molecular complexity index is 652. The van der Waals surface area contributed by atoms with E-state index in [1.807, 2.05) is 35.3 Å². The molecular formula is C17H22N4O. The van der Waals surface area contributed by atoms with Crippen molar-refractivity contribution in [2.24, 2.45) is 5.92 Å². The number of carbonyl (C=O) groups is 1. The Morgan fingerprint density at radius 2 is 2.05 bits per heavy atom. The lowest BCUT2D eigenvalue weighted by Crippen LogP contribution is -2.43. The maximum absolute atomic E-state index is 12.7. The molecular weight excluding hydrogens is 276 g/mol. The number of nitrogens with zero attached hydrogens (tertiary/aromatic N) is 4. The summed E-state index contributed by atoms with van der Waals surface area (Å²) >= 11 is 0. The van der Waals surface area contributed by atoms with E-state index in [1.165, 1.54) is 12.8 Å². The van der Waals surface area contributed by atoms with Crippen molar-refractivity contribution in [1.29, 1.82) is 0 Å². The van der Waals surface area contributed by atoms with Crippen molar-refractivity contribution in [3.05, 3.63) is 36.9 Å². The smallest absolute Gasteiger partial charge is 0.244 e. The van der Waals surface area contributed by atoms with Gasteiger partial charge in [0.2, 0.25) is 5.91 Å². The Balaban J connectivity index is 1.46. The summed E-state index contributed by atoms with van der Waals surface area (Å²) in [5.41, 5.74) is 0.992. The third kappa shape index (κ3) is 2.67. The Labute approximate surface area is 130 Å². The van der Waals surface area contributed by atoms with E-state index in [1.54, 1.807) is 10.9 Å². The summed E-state index contributed by atoms with van der Waals surface area (Å²) in [7, 11) is 0. The topological polar surface area (TPSA) is 43.1 Å². The average molecular weight is 298 g/mol. The molecule has 0 unspecified atom stereocenters. The Morgan fingerprint density at radius 3 is 2.68 bits per heavy atom. The molecule has 2 fully saturated rings. The average Bonchev–Trinajstić information content (AvgIpc) is 3.41. The molecule has 4 rings (SSSR count). The molecule has 1 amide bonds. The van der Waals surface area contributed by atoms with Crippen LogP contribution in [0, 0.1) is 5.92 Å². The van der Waals surface area contributed by atoms with Crippen molar-refractivity contribution >= 4 is 5.91 Å². The molecule has 0 radical (unpaired) electrons. The zero-order valence-electron chi connectivity index (χ0n) is 12.9. The summed E-state index contributed by atoms with van der Waals surface area (Å²) in [6, 6.07) is 4.82. The molecule has 0 aromatic carbocycles. The second kappa shape index (κ2) is 5.30. The maximum atomic E-state index is 12.7. The zero-order valence-corrected chi connectivity index (χ0v) is 12.9. The number of amides is 1. The van der Waals surface area contributed by atoms with Gasteiger partial charge in [0.1, 0.15) is 6.54 Å². The van der Waals surface area contributed by atoms with Crippen molar-refractivity contribution in [1.82, 2.24) is 19.2 Å². The SMILES string of the molecule is C[C@H](C1CC1)N(C(=O)Cn1cc(-n2cccc2)cn1)C1CC1. The van der Waals surface area contributed by atoms with Crippen molar-refractivity contribution < 1.29 is 4.79 Å². The van der Waals surface area contributed by atoms with Gasteiger partial charge in [-0.1, -0.05) is 0 Å². The van der Waals surface area contributed by atoms with Gasteiger partial charge in [-0.3, -0.25) is 9.48 Å². The number of aromatic nitrogens is 3. The van der Waals surface area contributed by atoms with Gasteiger partial charge in [-0.25, -0.2) is 0 Å². The van der Waals surface area contributed by atoms with Crippen LogP contribution in [0.15, 0.2) is 36.9 Å². The third-order valence-corrected chi connectivity index (χ3v) is 4.79. The van der Waals surface area contributed by atoms with Crippen LogP contribution in [0.1, 0.15) is 32.6 Å². The fourth-order valence-corrected chi connectivity index (χ4v) is 3.22. The van der Waals surface area contributed by atoms with Crippen LogP contribution in [-0.4, -0.2) is 37.2 Å². The van der Waals surface area contributed by atoms with Gasteiger partial charge >= 0.3 is 0 Å². The second-order valence-corrected chi connectivity index (χ2v) is 6.60. The number of hydrogen-bond donors (Lipinski definition) is 0. The van der Waals surface area contributed by atoms with Gasteiger partial charge < -0.3 is 9.47 Å². The van der Waals surface area contributed by atoms with Crippen LogP contribution >= 0.6 is 0 Å². The summed E-state index contributed by atoms with van der Waals surface area (Å²) in [6.07, 6.45) is 12.6. The molecule has 0 N–H and O–H groups in total. The van der Waals surface area contributed by atoms with E-state index in [2.05, 4.69) is 16.9 Å². The van der Waals surface area contributed by atoms with Gasteiger partial charge in [0.25, 0.3) is 0 Å². The predicted octanol–water partition coefficient (Wildman–Crippen LogP) is 2.46. The highest BCUT2D eigenvalue weighted by atomic mass is 16.2. The van der Waals surface area contributed by atoms with Crippen molar-refractivity contribution in [3.8, 4) is 5.69 Å². The highest BCUT2D eigenvalue weighted by Crippen LogP contribution is 2.39. The predicted molar refractivity (Wildman–Crippen MR) is 83.6 cm³/mol. The molecule has 116 valence electrons. The Kier molecular flexibility index (Phi) is 3.28. The van der Waals surface area contributed by atoms with Crippen molar-refractivity contribution in [2.45, 2.75) is 51.2 Å². The Morgan fingerprint density at radius 1 is 1.32 bits per heavy atom. The van der Waals surface area contributed by atoms with Gasteiger partial charge in [0.15, 0.2) is 0 Å². The minimum atomic E-state index is 0.212. The maximum Gasteiger partial charge on any atom is 0.244 e. The van der Waals surface area contributed by atoms with E-state index in [9.17, 15) is 4.79 Å². The monoisotopic (exact) mass is 298 g/mol. The van der Waals surface area contributed by atoms with Gasteiger partial charge in [0, 0.05) is 30.7 Å². The van der Waals surface area contributed by atoms with Crippen LogP contribution in [0.4, 0.5) is 0 Å². The standard InChI is InChI=1S/C17H22N4O/c1-13(14-4-5-14)21(15-6-7-15)17(22)12-20-11-16(10-18-20)19-8-2-3-9-19/h2-3,8-11,13-15H,4-7,12H2,1H3/t13-/m1/s1. The molecule has 2 saturated carbocycles. The fraction of sp³-hybridized carbons (Fsp3) is 0.529. The summed E-state index contributed by atoms with van der Waals surface area (Å²) < 4.78 is 3.76. The van der Waals surface area contributed by atoms with Crippen LogP contribution in [0.3, 0.4) is 0 Å². The van der Waals surface area contributed by atoms with Gasteiger partial charge in [-0.05, 0) is 50.7 Å². The van der Waals surface area contributed by atoms with Gasteiger partial charge in [-0.15, -0.1) is 0 Å². The molecule has 5 heteroatoms. The van der Waals surface area contributed by atoms with E-state index >= 15 is 0 Å². The lowest BCUT2D eigenvalue weighted by atomic mass is 10.1. The van der Waals surface area contributed by atoms with Crippen LogP contribution in [0.25, 0.3) is 5.69 Å². The first-order chi connectivity index (χ1) is 10.7. The minimum absolute atomic E-state index is 0.212. The van der Waals surface area contributed by atoms with Crippen LogP contribution in [-0.2, 0) is 11.3 Å². The molecule has 0 spiro atoms. The Hall–Kier alpha value is -2.04. The highest BCUT2D eigenvalue weighted by Gasteiger charge is 2.41. The van der Waals surface area contributed by atoms with Crippen LogP contribution in [0.2, 0.25) is 0 Å². The first kappa shape index (κ1) is 13.6. The molecule has 0 saturated heterocycles. The molecule has 2 aliphatic rings. The van der Waals surface area contributed by atoms with E-state index in [0.717, 1.165) is 24.4 Å². The third-order valence-electron chi connectivity index (χ3n) is 4.79. The van der Waals surface area contributed by atoms with Gasteiger partial charge in [-0.2, -0.15) is 5.10 Å². The molecule has 0 bridgehead atoms. The molecule has 5 nitrogen and oxygen atoms in total. The molecule has 1 atom stereocenters. The molecule has 2 aliphatic carbocycles. The van der Waals surface area contributed by atoms with Crippen LogP contribution in [0.5, 0.6) is 0 Å². The number of hydrogen-bond acceptors (Lipinski definition) is 2. The van der Waals surface area contributed by atoms with E-state index < -0.39 is 0 Å². The van der Waals surface area contributed by atoms with Crippen molar-refractivity contribution in [2.75, 3.05) is 0 Å². The molecule has 2 aromatic rings. The fourth-order valence-electron chi connectivity index (χ4n) is 3.22. The first-order valence-corrected chi connectivity index (χ1v) is 8.19. The zero-order chi connectivity index (χ0) is 15.1. The van der Waals surface area contributed by atoms with Crippen LogP contribution < -0.4 is 0 Å². The normalized spacial score (nSPS) is 19.1. The van der Waals surface area contributed by atoms with E-state index in [-0.39, 0.29) is 5.91 Å². The quantitative estimate of drug-likeness (QED) is 0.822. The van der Waals surface area contributed by atoms with E-state index in [4.69, 9.17) is 0 Å². The van der Waals surface area contributed by atoms with Crippen molar-refractivity contribution in [3.63, 3.8) is 0 Å². The largest absolute Gasteiger partial charge is 0.335 e. The molecule has 2 aromatic heterocycles. The summed E-state index contributed by atoms with van der Waals surface area (Å²) in [5.74, 6) is 0.932. The highest BCUT2D eigenvalue weighted by molar-refractivity contribution is 5.77. The van der Waals surface area contributed by atoms with E-state index in [0.29, 0.717) is 18.6 Å². The lowest BCUT2D eigenvalue weighted by Gasteiger charge is -2.29. The number of rotatable bonds is 6. The second-order valence-electron chi connectivity index (χ2n) is 6.60. The minimum Gasteiger partial charge on any atom is -0.335 e. The van der Waals surface area contributed by atoms with Gasteiger partial charge in [0.05, 0.1) is 11.9 Å². The molecule has 0 aliphatic heterocycles. The molecule has 2 heterocycles. The number of carbonyl (C=O) groups excluding carboxylic acids is 1. The summed E-state index contributed by atoms with van der Waals surface area (Å²) in [5, 5.41) is 4.34. The summed E-state index contributed by atoms with van der Waals surface area (Å²) in [6.45, 7) is 2.55. The molecule has 22 heavy (non-hydrogen) atoms.